The summed E-state index contributed by atoms with van der Waals surface area (Å²) in [5, 5.41) is 0. The number of rotatable bonds is 1. The van der Waals surface area contributed by atoms with Crippen LogP contribution in [0.25, 0.3) is 0 Å². The van der Waals surface area contributed by atoms with Crippen molar-refractivity contribution in [2.45, 2.75) is 0 Å². The Bertz CT molecular complexity index is 220. The van der Waals surface area contributed by atoms with E-state index in [1.54, 1.807) is 24.3 Å². The van der Waals surface area contributed by atoms with Gasteiger partial charge in [0.05, 0.1) is 5.56 Å². The molecule has 0 heterocycles. The smallest absolute Gasteiger partial charge is 0.485 e. The summed E-state index contributed by atoms with van der Waals surface area (Å²) in [5.41, 5.74) is 0.567. The number of benzene rings is 1. The Balaban J connectivity index is 2.85. The molecule has 0 spiro atoms. The molecule has 1 rings (SSSR count). The molecule has 10 heavy (non-hydrogen) atoms. The van der Waals surface area contributed by atoms with E-state index in [-0.39, 0.29) is 5.97 Å². The summed E-state index contributed by atoms with van der Waals surface area (Å²) in [6.07, 6.45) is 0. The molecule has 0 aliphatic rings. The third-order valence-corrected chi connectivity index (χ3v) is 1.33. The minimum Gasteiger partial charge on any atom is -0.625 e. The van der Waals surface area contributed by atoms with Crippen LogP contribution in [0.3, 0.4) is 0 Å². The van der Waals surface area contributed by atoms with Gasteiger partial charge in [0, 0.05) is 0 Å². The molecule has 0 fully saturated rings. The van der Waals surface area contributed by atoms with E-state index < -0.39 is 0 Å². The third kappa shape index (κ3) is 1.60. The van der Waals surface area contributed by atoms with Gasteiger partial charge in [-0.3, -0.25) is 0 Å². The van der Waals surface area contributed by atoms with Gasteiger partial charge < -0.3 is 3.79 Å². The van der Waals surface area contributed by atoms with Crippen molar-refractivity contribution in [2.24, 2.45) is 0 Å². The van der Waals surface area contributed by atoms with Crippen molar-refractivity contribution < 1.29 is 8.58 Å². The predicted molar refractivity (Wildman–Crippen MR) is 37.6 cm³/mol. The van der Waals surface area contributed by atoms with Gasteiger partial charge >= 0.3 is 22.6 Å². The Morgan fingerprint density at radius 2 is 1.90 bits per heavy atom. The first-order valence-electron chi connectivity index (χ1n) is 2.80. The SMILES string of the molecule is O=C([O][Al])c1ccccc1. The molecule has 3 heteroatoms. The lowest BCUT2D eigenvalue weighted by Crippen LogP contribution is -2.00. The highest BCUT2D eigenvalue weighted by atomic mass is 27.1. The lowest BCUT2D eigenvalue weighted by Gasteiger charge is -1.98. The highest BCUT2D eigenvalue weighted by molar-refractivity contribution is 6.09. The second-order valence-corrected chi connectivity index (χ2v) is 2.01. The third-order valence-electron chi connectivity index (χ3n) is 1.12. The summed E-state index contributed by atoms with van der Waals surface area (Å²) in [6.45, 7) is 0. The standard InChI is InChI=1S/C7H6O2.Al/c8-7(9)6-4-2-1-3-5-6;/h1-5H,(H,8,9);/q;+1/p-1. The van der Waals surface area contributed by atoms with Crippen LogP contribution in [0.4, 0.5) is 0 Å². The Hall–Kier alpha value is -0.778. The number of hydrogen-bond acceptors (Lipinski definition) is 2. The Kier molecular flexibility index (Phi) is 2.50. The lowest BCUT2D eigenvalue weighted by molar-refractivity contribution is 0.0749. The van der Waals surface area contributed by atoms with E-state index in [0.29, 0.717) is 5.56 Å². The van der Waals surface area contributed by atoms with Crippen molar-refractivity contribution in [1.29, 1.82) is 0 Å². The first kappa shape index (κ1) is 7.33. The van der Waals surface area contributed by atoms with E-state index in [2.05, 4.69) is 3.79 Å². The van der Waals surface area contributed by atoms with Crippen molar-refractivity contribution in [3.63, 3.8) is 0 Å². The minimum atomic E-state index is -0.328. The molecule has 2 radical (unpaired) electrons. The normalized spacial score (nSPS) is 8.80. The Labute approximate surface area is 67.6 Å². The van der Waals surface area contributed by atoms with Crippen molar-refractivity contribution >= 4 is 22.6 Å². The van der Waals surface area contributed by atoms with Crippen LogP contribution < -0.4 is 0 Å². The molecule has 0 atom stereocenters. The van der Waals surface area contributed by atoms with Gasteiger partial charge in [-0.1, -0.05) is 18.2 Å². The van der Waals surface area contributed by atoms with Gasteiger partial charge in [-0.05, 0) is 12.1 Å². The van der Waals surface area contributed by atoms with Crippen LogP contribution in [0.5, 0.6) is 0 Å². The molecular formula is C7H5AlO2. The number of hydrogen-bond donors (Lipinski definition) is 0. The molecule has 0 aromatic heterocycles. The summed E-state index contributed by atoms with van der Waals surface area (Å²) in [5.74, 6) is -0.328. The van der Waals surface area contributed by atoms with Crippen LogP contribution in [0.15, 0.2) is 30.3 Å². The fourth-order valence-electron chi connectivity index (χ4n) is 0.642. The minimum absolute atomic E-state index is 0.328. The van der Waals surface area contributed by atoms with E-state index >= 15 is 0 Å². The molecule has 0 amide bonds. The maximum Gasteiger partial charge on any atom is 0.485 e. The molecule has 0 aliphatic carbocycles. The largest absolute Gasteiger partial charge is 0.625 e. The maximum atomic E-state index is 10.8. The van der Waals surface area contributed by atoms with Crippen LogP contribution in [-0.2, 0) is 3.79 Å². The van der Waals surface area contributed by atoms with Gasteiger partial charge in [0.15, 0.2) is 0 Å². The summed E-state index contributed by atoms with van der Waals surface area (Å²) in [7, 11) is 0. The van der Waals surface area contributed by atoms with Gasteiger partial charge in [-0.2, -0.15) is 0 Å². The van der Waals surface area contributed by atoms with Crippen molar-refractivity contribution in [3.8, 4) is 0 Å². The zero-order valence-electron chi connectivity index (χ0n) is 5.28. The monoisotopic (exact) mass is 148 g/mol. The maximum absolute atomic E-state index is 10.8. The second-order valence-electron chi connectivity index (χ2n) is 1.77. The van der Waals surface area contributed by atoms with E-state index in [1.165, 1.54) is 0 Å². The van der Waals surface area contributed by atoms with Crippen LogP contribution >= 0.6 is 0 Å². The molecule has 0 saturated heterocycles. The summed E-state index contributed by atoms with van der Waals surface area (Å²) < 4.78 is 4.41. The first-order chi connectivity index (χ1) is 4.84. The van der Waals surface area contributed by atoms with Crippen LogP contribution in [0.2, 0.25) is 0 Å². The van der Waals surface area contributed by atoms with Crippen LogP contribution in [-0.4, -0.2) is 22.6 Å². The second kappa shape index (κ2) is 3.41. The fourth-order valence-corrected chi connectivity index (χ4v) is 0.778. The van der Waals surface area contributed by atoms with E-state index in [1.807, 2.05) is 22.7 Å². The van der Waals surface area contributed by atoms with Crippen molar-refractivity contribution in [2.75, 3.05) is 0 Å². The molecule has 2 nitrogen and oxygen atoms in total. The average molecular weight is 148 g/mol. The molecule has 48 valence electrons. The molecule has 0 bridgehead atoms. The quantitative estimate of drug-likeness (QED) is 0.553. The topological polar surface area (TPSA) is 26.3 Å². The molecule has 0 unspecified atom stereocenters. The van der Waals surface area contributed by atoms with E-state index in [4.69, 9.17) is 0 Å². The highest BCUT2D eigenvalue weighted by Crippen LogP contribution is 1.98. The summed E-state index contributed by atoms with van der Waals surface area (Å²) in [4.78, 5) is 10.8. The van der Waals surface area contributed by atoms with Crippen LogP contribution in [0, 0.1) is 0 Å². The summed E-state index contributed by atoms with van der Waals surface area (Å²) >= 11 is 1.92. The van der Waals surface area contributed by atoms with Gasteiger partial charge in [-0.15, -0.1) is 0 Å². The Morgan fingerprint density at radius 3 is 2.40 bits per heavy atom. The average Bonchev–Trinajstić information content (AvgIpc) is 2.05. The highest BCUT2D eigenvalue weighted by Gasteiger charge is 1.99. The molecule has 0 saturated carbocycles. The summed E-state index contributed by atoms with van der Waals surface area (Å²) in [6, 6.07) is 8.83. The predicted octanol–water partition coefficient (Wildman–Crippen LogP) is 0.927. The molecule has 1 aromatic rings. The lowest BCUT2D eigenvalue weighted by atomic mass is 10.2. The molecule has 0 N–H and O–H groups in total. The van der Waals surface area contributed by atoms with Crippen molar-refractivity contribution in [3.05, 3.63) is 35.9 Å². The van der Waals surface area contributed by atoms with E-state index in [9.17, 15) is 4.79 Å². The zero-order valence-corrected chi connectivity index (χ0v) is 6.44. The molecule has 1 aromatic carbocycles. The first-order valence-corrected chi connectivity index (χ1v) is 3.28. The van der Waals surface area contributed by atoms with Crippen molar-refractivity contribution in [1.82, 2.24) is 0 Å². The van der Waals surface area contributed by atoms with Crippen LogP contribution in [0.1, 0.15) is 10.4 Å². The van der Waals surface area contributed by atoms with E-state index in [0.717, 1.165) is 0 Å². The molecule has 0 aliphatic heterocycles. The van der Waals surface area contributed by atoms with Gasteiger partial charge in [0.1, 0.15) is 0 Å². The number of carbonyl (C=O) groups excluding carboxylic acids is 1. The number of carbonyl (C=O) groups is 1. The van der Waals surface area contributed by atoms with Gasteiger partial charge in [0.25, 0.3) is 0 Å². The Morgan fingerprint density at radius 1 is 1.30 bits per heavy atom. The zero-order chi connectivity index (χ0) is 7.40. The van der Waals surface area contributed by atoms with Gasteiger partial charge in [0.2, 0.25) is 0 Å². The fraction of sp³-hybridized carbons (Fsp3) is 0. The van der Waals surface area contributed by atoms with Gasteiger partial charge in [-0.25, -0.2) is 4.79 Å². The molecular weight excluding hydrogens is 143 g/mol.